The molecule has 0 saturated heterocycles. The fourth-order valence-corrected chi connectivity index (χ4v) is 4.62. The van der Waals surface area contributed by atoms with Gasteiger partial charge < -0.3 is 25.6 Å². The first-order chi connectivity index (χ1) is 17.6. The summed E-state index contributed by atoms with van der Waals surface area (Å²) in [7, 11) is 1.50. The Morgan fingerprint density at radius 2 is 1.65 bits per heavy atom. The van der Waals surface area contributed by atoms with Crippen molar-refractivity contribution in [1.29, 1.82) is 0 Å². The molecule has 3 aromatic carbocycles. The lowest BCUT2D eigenvalue weighted by Gasteiger charge is -2.16. The summed E-state index contributed by atoms with van der Waals surface area (Å²) >= 11 is 7.43. The zero-order valence-electron chi connectivity index (χ0n) is 19.8. The fourth-order valence-electron chi connectivity index (χ4n) is 3.35. The van der Waals surface area contributed by atoms with Gasteiger partial charge in [0.15, 0.2) is 0 Å². The van der Waals surface area contributed by atoms with E-state index in [-0.39, 0.29) is 17.0 Å². The first-order valence-electron chi connectivity index (χ1n) is 11.0. The van der Waals surface area contributed by atoms with Crippen molar-refractivity contribution in [3.8, 4) is 5.75 Å². The minimum Gasteiger partial charge on any atom is -0.495 e. The van der Waals surface area contributed by atoms with E-state index < -0.39 is 28.7 Å². The molecule has 0 bridgehead atoms. The van der Waals surface area contributed by atoms with Gasteiger partial charge in [0.1, 0.15) is 5.75 Å². The van der Waals surface area contributed by atoms with Crippen LogP contribution in [0.25, 0.3) is 0 Å². The molecule has 0 radical (unpaired) electrons. The first-order valence-corrected chi connectivity index (χ1v) is 12.2. The lowest BCUT2D eigenvalue weighted by molar-refractivity contribution is -0.115. The SMILES string of the molecule is CCC(Sc1cccc(NC(=O)c2ccc(C(=O)O)cc2C(=O)O)c1)C(=O)Nc1ccc(OC)c(Cl)c1. The summed E-state index contributed by atoms with van der Waals surface area (Å²) in [6.45, 7) is 1.87. The maximum atomic E-state index is 12.9. The van der Waals surface area contributed by atoms with E-state index in [1.807, 2.05) is 6.92 Å². The van der Waals surface area contributed by atoms with Gasteiger partial charge in [0.05, 0.1) is 34.1 Å². The summed E-state index contributed by atoms with van der Waals surface area (Å²) in [5.41, 5.74) is 0.0572. The number of carboxylic acids is 2. The largest absolute Gasteiger partial charge is 0.495 e. The molecule has 0 aliphatic carbocycles. The molecule has 3 rings (SSSR count). The number of nitrogens with one attached hydrogen (secondary N) is 2. The number of carbonyl (C=O) groups excluding carboxylic acids is 2. The molecule has 192 valence electrons. The van der Waals surface area contributed by atoms with Crippen LogP contribution in [0.5, 0.6) is 5.75 Å². The van der Waals surface area contributed by atoms with Gasteiger partial charge in [-0.25, -0.2) is 9.59 Å². The second kappa shape index (κ2) is 12.3. The van der Waals surface area contributed by atoms with Crippen LogP contribution in [-0.4, -0.2) is 46.3 Å². The monoisotopic (exact) mass is 542 g/mol. The lowest BCUT2D eigenvalue weighted by Crippen LogP contribution is -2.24. The molecule has 2 amide bonds. The van der Waals surface area contributed by atoms with E-state index >= 15 is 0 Å². The molecule has 3 aromatic rings. The molecular formula is C26H23ClN2O7S. The molecule has 0 spiro atoms. The van der Waals surface area contributed by atoms with Crippen molar-refractivity contribution in [2.75, 3.05) is 17.7 Å². The van der Waals surface area contributed by atoms with Gasteiger partial charge in [-0.2, -0.15) is 0 Å². The van der Waals surface area contributed by atoms with Crippen LogP contribution in [0.3, 0.4) is 0 Å². The van der Waals surface area contributed by atoms with Crippen molar-refractivity contribution in [3.05, 3.63) is 82.4 Å². The van der Waals surface area contributed by atoms with Crippen LogP contribution in [0.2, 0.25) is 5.02 Å². The van der Waals surface area contributed by atoms with Gasteiger partial charge in [-0.15, -0.1) is 11.8 Å². The Morgan fingerprint density at radius 3 is 2.27 bits per heavy atom. The Balaban J connectivity index is 1.73. The number of thioether (sulfide) groups is 1. The molecular weight excluding hydrogens is 520 g/mol. The first kappa shape index (κ1) is 27.6. The van der Waals surface area contributed by atoms with Gasteiger partial charge in [-0.05, 0) is 61.0 Å². The normalized spacial score (nSPS) is 11.3. The third-order valence-corrected chi connectivity index (χ3v) is 6.85. The number of amides is 2. The summed E-state index contributed by atoms with van der Waals surface area (Å²) in [5, 5.41) is 23.9. The standard InChI is InChI=1S/C26H23ClN2O7S/c1-3-22(24(31)29-16-8-10-21(36-2)20(27)13-16)37-17-6-4-5-15(12-17)28-23(30)18-9-7-14(25(32)33)11-19(18)26(34)35/h4-13,22H,3H2,1-2H3,(H,28,30)(H,29,31)(H,32,33)(H,34,35). The molecule has 11 heteroatoms. The zero-order valence-corrected chi connectivity index (χ0v) is 21.4. The van der Waals surface area contributed by atoms with Gasteiger partial charge in [0.25, 0.3) is 5.91 Å². The number of carboxylic acid groups (broad SMARTS) is 2. The maximum Gasteiger partial charge on any atom is 0.336 e. The zero-order chi connectivity index (χ0) is 27.1. The van der Waals surface area contributed by atoms with Gasteiger partial charge in [0.2, 0.25) is 5.91 Å². The summed E-state index contributed by atoms with van der Waals surface area (Å²) in [5.74, 6) is -3.17. The Hall–Kier alpha value is -4.02. The molecule has 37 heavy (non-hydrogen) atoms. The molecule has 0 aliphatic heterocycles. The highest BCUT2D eigenvalue weighted by atomic mass is 35.5. The molecule has 0 aromatic heterocycles. The van der Waals surface area contributed by atoms with E-state index in [4.69, 9.17) is 21.4 Å². The molecule has 4 N–H and O–H groups in total. The molecule has 0 aliphatic rings. The van der Waals surface area contributed by atoms with Crippen molar-refractivity contribution in [3.63, 3.8) is 0 Å². The van der Waals surface area contributed by atoms with Crippen molar-refractivity contribution >= 4 is 58.5 Å². The van der Waals surface area contributed by atoms with Crippen LogP contribution in [0.15, 0.2) is 65.6 Å². The highest BCUT2D eigenvalue weighted by molar-refractivity contribution is 8.00. The second-order valence-electron chi connectivity index (χ2n) is 7.71. The summed E-state index contributed by atoms with van der Waals surface area (Å²) in [6.07, 6.45) is 0.523. The van der Waals surface area contributed by atoms with Crippen LogP contribution >= 0.6 is 23.4 Å². The Morgan fingerprint density at radius 1 is 0.919 bits per heavy atom. The number of methoxy groups -OCH3 is 1. The average Bonchev–Trinajstić information content (AvgIpc) is 2.87. The van der Waals surface area contributed by atoms with E-state index in [2.05, 4.69) is 10.6 Å². The van der Waals surface area contributed by atoms with Crippen LogP contribution in [0.4, 0.5) is 11.4 Å². The van der Waals surface area contributed by atoms with Gasteiger partial charge in [-0.1, -0.05) is 24.6 Å². The maximum absolute atomic E-state index is 12.9. The number of hydrogen-bond donors (Lipinski definition) is 4. The average molecular weight is 543 g/mol. The minimum atomic E-state index is -1.42. The van der Waals surface area contributed by atoms with E-state index in [1.165, 1.54) is 18.9 Å². The van der Waals surface area contributed by atoms with Gasteiger partial charge >= 0.3 is 11.9 Å². The van der Waals surface area contributed by atoms with E-state index in [1.54, 1.807) is 42.5 Å². The van der Waals surface area contributed by atoms with Crippen molar-refractivity contribution in [2.45, 2.75) is 23.5 Å². The van der Waals surface area contributed by atoms with Crippen LogP contribution in [0.1, 0.15) is 44.4 Å². The minimum absolute atomic E-state index is 0.181. The lowest BCUT2D eigenvalue weighted by atomic mass is 10.0. The number of aromatic carboxylic acids is 2. The number of hydrogen-bond acceptors (Lipinski definition) is 6. The number of rotatable bonds is 10. The Labute approximate surface area is 221 Å². The third-order valence-electron chi connectivity index (χ3n) is 5.19. The smallest absolute Gasteiger partial charge is 0.336 e. The molecule has 0 saturated carbocycles. The molecule has 1 unspecified atom stereocenters. The Kier molecular flexibility index (Phi) is 9.15. The predicted molar refractivity (Wildman–Crippen MR) is 141 cm³/mol. The van der Waals surface area contributed by atoms with Crippen molar-refractivity contribution < 1.29 is 34.1 Å². The van der Waals surface area contributed by atoms with E-state index in [9.17, 15) is 24.3 Å². The summed E-state index contributed by atoms with van der Waals surface area (Å²) in [6, 6.07) is 15.0. The Bertz CT molecular complexity index is 1360. The molecule has 0 heterocycles. The van der Waals surface area contributed by atoms with E-state index in [0.717, 1.165) is 18.2 Å². The van der Waals surface area contributed by atoms with Crippen LogP contribution < -0.4 is 15.4 Å². The van der Waals surface area contributed by atoms with Gasteiger partial charge in [-0.3, -0.25) is 9.59 Å². The predicted octanol–water partition coefficient (Wildman–Crippen LogP) is 5.51. The third kappa shape index (κ3) is 7.02. The number of halogens is 1. The number of ether oxygens (including phenoxy) is 1. The molecule has 9 nitrogen and oxygen atoms in total. The molecule has 1 atom stereocenters. The molecule has 0 fully saturated rings. The number of carbonyl (C=O) groups is 4. The van der Waals surface area contributed by atoms with Crippen LogP contribution in [-0.2, 0) is 4.79 Å². The topological polar surface area (TPSA) is 142 Å². The van der Waals surface area contributed by atoms with Crippen molar-refractivity contribution in [1.82, 2.24) is 0 Å². The quantitative estimate of drug-likeness (QED) is 0.246. The highest BCUT2D eigenvalue weighted by Gasteiger charge is 2.21. The summed E-state index contributed by atoms with van der Waals surface area (Å²) < 4.78 is 5.12. The number of benzene rings is 3. The van der Waals surface area contributed by atoms with E-state index in [0.29, 0.717) is 33.5 Å². The second-order valence-corrected chi connectivity index (χ2v) is 9.39. The van der Waals surface area contributed by atoms with Gasteiger partial charge in [0, 0.05) is 16.3 Å². The highest BCUT2D eigenvalue weighted by Crippen LogP contribution is 2.31. The van der Waals surface area contributed by atoms with Crippen LogP contribution in [0, 0.1) is 0 Å². The van der Waals surface area contributed by atoms with Crippen molar-refractivity contribution in [2.24, 2.45) is 0 Å². The number of anilines is 2. The fraction of sp³-hybridized carbons (Fsp3) is 0.154. The summed E-state index contributed by atoms with van der Waals surface area (Å²) in [4.78, 5) is 49.1.